The molecule has 7 heteroatoms. The Morgan fingerprint density at radius 3 is 2.29 bits per heavy atom. The molecule has 0 spiro atoms. The van der Waals surface area contributed by atoms with Gasteiger partial charge in [0.1, 0.15) is 0 Å². The van der Waals surface area contributed by atoms with E-state index in [1.54, 1.807) is 0 Å². The molecule has 0 aliphatic carbocycles. The fourth-order valence-electron chi connectivity index (χ4n) is 4.03. The van der Waals surface area contributed by atoms with E-state index in [9.17, 15) is 14.4 Å². The van der Waals surface area contributed by atoms with Crippen molar-refractivity contribution in [1.29, 1.82) is 0 Å². The normalized spacial score (nSPS) is 19.4. The molecule has 0 radical (unpaired) electrons. The Morgan fingerprint density at radius 2 is 1.68 bits per heavy atom. The zero-order chi connectivity index (χ0) is 20.1. The molecule has 2 fully saturated rings. The number of nitrogens with one attached hydrogen (secondary N) is 1. The van der Waals surface area contributed by atoms with Crippen LogP contribution in [-0.2, 0) is 9.59 Å². The van der Waals surface area contributed by atoms with Gasteiger partial charge in [-0.1, -0.05) is 18.2 Å². The molecule has 0 bridgehead atoms. The number of likely N-dealkylation sites (tertiary alicyclic amines) is 2. The van der Waals surface area contributed by atoms with Crippen molar-refractivity contribution < 1.29 is 14.4 Å². The lowest BCUT2D eigenvalue weighted by molar-refractivity contribution is -0.136. The van der Waals surface area contributed by atoms with E-state index in [2.05, 4.69) is 10.2 Å². The van der Waals surface area contributed by atoms with E-state index in [-0.39, 0.29) is 29.7 Å². The average Bonchev–Trinajstić information content (AvgIpc) is 2.69. The highest BCUT2D eigenvalue weighted by Crippen LogP contribution is 2.18. The minimum Gasteiger partial charge on any atom is -0.369 e. The second-order valence-corrected chi connectivity index (χ2v) is 7.90. The molecule has 3 amide bonds. The Labute approximate surface area is 166 Å². The lowest BCUT2D eigenvalue weighted by Gasteiger charge is -2.35. The Bertz CT molecular complexity index is 720. The van der Waals surface area contributed by atoms with Gasteiger partial charge in [0.25, 0.3) is 5.91 Å². The maximum absolute atomic E-state index is 12.5. The molecule has 7 nitrogen and oxygen atoms in total. The van der Waals surface area contributed by atoms with E-state index in [0.717, 1.165) is 37.1 Å². The van der Waals surface area contributed by atoms with E-state index in [0.29, 0.717) is 32.5 Å². The summed E-state index contributed by atoms with van der Waals surface area (Å²) in [6.07, 6.45) is 3.01. The van der Waals surface area contributed by atoms with E-state index in [4.69, 9.17) is 5.73 Å². The SMILES string of the molecule is Cc1ccccc1C(=O)NC1CCN(CC(=O)N2CCC(C(N)=O)CC2)CC1. The van der Waals surface area contributed by atoms with Gasteiger partial charge in [-0.3, -0.25) is 19.3 Å². The first-order valence-corrected chi connectivity index (χ1v) is 10.1. The molecule has 2 aliphatic rings. The third kappa shape index (κ3) is 5.10. The minimum absolute atomic E-state index is 0.0232. The van der Waals surface area contributed by atoms with Crippen molar-refractivity contribution in [3.8, 4) is 0 Å². The van der Waals surface area contributed by atoms with Crippen molar-refractivity contribution in [3.63, 3.8) is 0 Å². The van der Waals surface area contributed by atoms with Crippen LogP contribution < -0.4 is 11.1 Å². The molecule has 2 aliphatic heterocycles. The van der Waals surface area contributed by atoms with Crippen LogP contribution in [0.5, 0.6) is 0 Å². The smallest absolute Gasteiger partial charge is 0.251 e. The van der Waals surface area contributed by atoms with Crippen LogP contribution >= 0.6 is 0 Å². The second kappa shape index (κ2) is 9.19. The van der Waals surface area contributed by atoms with Crippen LogP contribution in [0, 0.1) is 12.8 Å². The summed E-state index contributed by atoms with van der Waals surface area (Å²) in [5, 5.41) is 3.12. The van der Waals surface area contributed by atoms with Gasteiger partial charge in [-0.15, -0.1) is 0 Å². The van der Waals surface area contributed by atoms with Crippen LogP contribution in [-0.4, -0.2) is 66.3 Å². The van der Waals surface area contributed by atoms with Crippen molar-refractivity contribution in [2.24, 2.45) is 11.7 Å². The van der Waals surface area contributed by atoms with Gasteiger partial charge in [0.15, 0.2) is 0 Å². The number of nitrogens with zero attached hydrogens (tertiary/aromatic N) is 2. The van der Waals surface area contributed by atoms with Crippen molar-refractivity contribution in [1.82, 2.24) is 15.1 Å². The quantitative estimate of drug-likeness (QED) is 0.786. The van der Waals surface area contributed by atoms with Gasteiger partial charge in [0.2, 0.25) is 11.8 Å². The van der Waals surface area contributed by atoms with Crippen LogP contribution in [0.25, 0.3) is 0 Å². The molecule has 2 saturated heterocycles. The molecule has 0 aromatic heterocycles. The summed E-state index contributed by atoms with van der Waals surface area (Å²) in [4.78, 5) is 40.2. The standard InChI is InChI=1S/C21H30N4O3/c1-15-4-2-3-5-18(15)21(28)23-17-8-10-24(11-9-17)14-19(26)25-12-6-16(7-13-25)20(22)27/h2-5,16-17H,6-14H2,1H3,(H2,22,27)(H,23,28). The van der Waals surface area contributed by atoms with E-state index in [1.807, 2.05) is 36.1 Å². The summed E-state index contributed by atoms with van der Waals surface area (Å²) in [6, 6.07) is 7.74. The molecule has 0 atom stereocenters. The highest BCUT2D eigenvalue weighted by atomic mass is 16.2. The summed E-state index contributed by atoms with van der Waals surface area (Å²) in [5.41, 5.74) is 7.05. The number of hydrogen-bond acceptors (Lipinski definition) is 4. The molecule has 3 rings (SSSR count). The number of amides is 3. The van der Waals surface area contributed by atoms with Crippen LogP contribution in [0.4, 0.5) is 0 Å². The lowest BCUT2D eigenvalue weighted by Crippen LogP contribution is -2.49. The monoisotopic (exact) mass is 386 g/mol. The first-order valence-electron chi connectivity index (χ1n) is 10.1. The van der Waals surface area contributed by atoms with Gasteiger partial charge < -0.3 is 16.0 Å². The number of primary amides is 1. The fourth-order valence-corrected chi connectivity index (χ4v) is 4.03. The molecular weight excluding hydrogens is 356 g/mol. The molecule has 152 valence electrons. The number of rotatable bonds is 5. The first-order chi connectivity index (χ1) is 13.4. The van der Waals surface area contributed by atoms with Gasteiger partial charge >= 0.3 is 0 Å². The van der Waals surface area contributed by atoms with Crippen LogP contribution in [0.15, 0.2) is 24.3 Å². The van der Waals surface area contributed by atoms with Crippen molar-refractivity contribution in [3.05, 3.63) is 35.4 Å². The molecule has 0 saturated carbocycles. The van der Waals surface area contributed by atoms with Crippen molar-refractivity contribution in [2.45, 2.75) is 38.6 Å². The van der Waals surface area contributed by atoms with Crippen molar-refractivity contribution >= 4 is 17.7 Å². The summed E-state index contributed by atoms with van der Waals surface area (Å²) in [6.45, 7) is 5.14. The Morgan fingerprint density at radius 1 is 1.04 bits per heavy atom. The second-order valence-electron chi connectivity index (χ2n) is 7.90. The molecular formula is C21H30N4O3. The number of benzene rings is 1. The van der Waals surface area contributed by atoms with E-state index in [1.165, 1.54) is 0 Å². The summed E-state index contributed by atoms with van der Waals surface area (Å²) in [5.74, 6) is -0.270. The van der Waals surface area contributed by atoms with Gasteiger partial charge in [0, 0.05) is 43.7 Å². The number of piperidine rings is 2. The van der Waals surface area contributed by atoms with Crippen LogP contribution in [0.2, 0.25) is 0 Å². The zero-order valence-corrected chi connectivity index (χ0v) is 16.5. The third-order valence-electron chi connectivity index (χ3n) is 5.92. The molecule has 28 heavy (non-hydrogen) atoms. The number of hydrogen-bond donors (Lipinski definition) is 2. The van der Waals surface area contributed by atoms with E-state index >= 15 is 0 Å². The average molecular weight is 386 g/mol. The van der Waals surface area contributed by atoms with Crippen LogP contribution in [0.3, 0.4) is 0 Å². The first kappa shape index (κ1) is 20.3. The van der Waals surface area contributed by atoms with Crippen LogP contribution in [0.1, 0.15) is 41.6 Å². The zero-order valence-electron chi connectivity index (χ0n) is 16.5. The number of carbonyl (C=O) groups is 3. The molecule has 1 aromatic rings. The number of aryl methyl sites for hydroxylation is 1. The predicted molar refractivity (Wildman–Crippen MR) is 107 cm³/mol. The summed E-state index contributed by atoms with van der Waals surface area (Å²) in [7, 11) is 0. The summed E-state index contributed by atoms with van der Waals surface area (Å²) < 4.78 is 0. The summed E-state index contributed by atoms with van der Waals surface area (Å²) >= 11 is 0. The lowest BCUT2D eigenvalue weighted by atomic mass is 9.96. The molecule has 2 heterocycles. The maximum Gasteiger partial charge on any atom is 0.251 e. The van der Waals surface area contributed by atoms with Gasteiger partial charge in [-0.2, -0.15) is 0 Å². The number of nitrogens with two attached hydrogens (primary N) is 1. The highest BCUT2D eigenvalue weighted by molar-refractivity contribution is 5.95. The van der Waals surface area contributed by atoms with Crippen molar-refractivity contribution in [2.75, 3.05) is 32.7 Å². The minimum atomic E-state index is -0.262. The maximum atomic E-state index is 12.5. The fraction of sp³-hybridized carbons (Fsp3) is 0.571. The van der Waals surface area contributed by atoms with Gasteiger partial charge in [0.05, 0.1) is 6.54 Å². The topological polar surface area (TPSA) is 95.7 Å². The molecule has 0 unspecified atom stereocenters. The largest absolute Gasteiger partial charge is 0.369 e. The highest BCUT2D eigenvalue weighted by Gasteiger charge is 2.28. The Hall–Kier alpha value is -2.41. The Kier molecular flexibility index (Phi) is 6.67. The predicted octanol–water partition coefficient (Wildman–Crippen LogP) is 0.913. The van der Waals surface area contributed by atoms with E-state index < -0.39 is 0 Å². The van der Waals surface area contributed by atoms with Gasteiger partial charge in [-0.05, 0) is 44.2 Å². The third-order valence-corrected chi connectivity index (χ3v) is 5.92. The molecule has 1 aromatic carbocycles. The van der Waals surface area contributed by atoms with Gasteiger partial charge in [-0.25, -0.2) is 0 Å². The Balaban J connectivity index is 1.41. The number of carbonyl (C=O) groups excluding carboxylic acids is 3. The molecule has 3 N–H and O–H groups in total.